The van der Waals surface area contributed by atoms with E-state index in [1.165, 1.54) is 29.7 Å². The lowest BCUT2D eigenvalue weighted by Crippen LogP contribution is -2.24. The van der Waals surface area contributed by atoms with Gasteiger partial charge in [0.1, 0.15) is 0 Å². The van der Waals surface area contributed by atoms with Crippen LogP contribution in [0.1, 0.15) is 37.3 Å². The fourth-order valence-corrected chi connectivity index (χ4v) is 2.44. The SMILES string of the molecule is CCC(N)Cc1ccc(N(C)CCOCC2CC2)cc1C. The third-order valence-corrected chi connectivity index (χ3v) is 4.39. The van der Waals surface area contributed by atoms with Crippen LogP contribution in [0.4, 0.5) is 5.69 Å². The van der Waals surface area contributed by atoms with Crippen LogP contribution in [0, 0.1) is 12.8 Å². The topological polar surface area (TPSA) is 38.5 Å². The van der Waals surface area contributed by atoms with Gasteiger partial charge in [0.05, 0.1) is 6.61 Å². The number of anilines is 1. The molecular weight excluding hydrogens is 260 g/mol. The Morgan fingerprint density at radius 3 is 2.76 bits per heavy atom. The number of aryl methyl sites for hydroxylation is 1. The summed E-state index contributed by atoms with van der Waals surface area (Å²) in [6.45, 7) is 7.03. The molecule has 0 saturated heterocycles. The molecule has 2 rings (SSSR count). The summed E-state index contributed by atoms with van der Waals surface area (Å²) in [5.41, 5.74) is 10.0. The molecule has 0 aromatic heterocycles. The largest absolute Gasteiger partial charge is 0.379 e. The zero-order valence-corrected chi connectivity index (χ0v) is 13.8. The Kier molecular flexibility index (Phi) is 6.07. The van der Waals surface area contributed by atoms with E-state index < -0.39 is 0 Å². The molecule has 3 heteroatoms. The Bertz CT molecular complexity index is 443. The zero-order chi connectivity index (χ0) is 15.2. The van der Waals surface area contributed by atoms with Crippen molar-refractivity contribution in [2.75, 3.05) is 31.7 Å². The normalized spacial score (nSPS) is 16.0. The molecular formula is C18H30N2O. The van der Waals surface area contributed by atoms with Crippen molar-refractivity contribution in [1.82, 2.24) is 0 Å². The first-order chi connectivity index (χ1) is 10.1. The Morgan fingerprint density at radius 2 is 2.14 bits per heavy atom. The summed E-state index contributed by atoms with van der Waals surface area (Å²) in [5.74, 6) is 0.847. The predicted octanol–water partition coefficient (Wildman–Crippen LogP) is 3.14. The Balaban J connectivity index is 1.82. The lowest BCUT2D eigenvalue weighted by molar-refractivity contribution is 0.131. The van der Waals surface area contributed by atoms with Crippen LogP contribution in [0.5, 0.6) is 0 Å². The monoisotopic (exact) mass is 290 g/mol. The maximum absolute atomic E-state index is 6.06. The van der Waals surface area contributed by atoms with Crippen molar-refractivity contribution >= 4 is 5.69 Å². The maximum Gasteiger partial charge on any atom is 0.0641 e. The molecule has 0 heterocycles. The highest BCUT2D eigenvalue weighted by Crippen LogP contribution is 2.28. The molecule has 0 aliphatic heterocycles. The van der Waals surface area contributed by atoms with Crippen LogP contribution >= 0.6 is 0 Å². The molecule has 0 radical (unpaired) electrons. The number of likely N-dealkylation sites (N-methyl/N-ethyl adjacent to an activating group) is 1. The third-order valence-electron chi connectivity index (χ3n) is 4.39. The first kappa shape index (κ1) is 16.3. The van der Waals surface area contributed by atoms with Gasteiger partial charge in [-0.25, -0.2) is 0 Å². The van der Waals surface area contributed by atoms with Gasteiger partial charge < -0.3 is 15.4 Å². The first-order valence-electron chi connectivity index (χ1n) is 8.24. The number of nitrogens with two attached hydrogens (primary N) is 1. The van der Waals surface area contributed by atoms with Crippen LogP contribution in [0.15, 0.2) is 18.2 Å². The highest BCUT2D eigenvalue weighted by atomic mass is 16.5. The van der Waals surface area contributed by atoms with E-state index in [0.717, 1.165) is 38.5 Å². The number of rotatable bonds is 9. The second-order valence-electron chi connectivity index (χ2n) is 6.42. The van der Waals surface area contributed by atoms with Gasteiger partial charge >= 0.3 is 0 Å². The molecule has 21 heavy (non-hydrogen) atoms. The number of benzene rings is 1. The van der Waals surface area contributed by atoms with E-state index >= 15 is 0 Å². The summed E-state index contributed by atoms with van der Waals surface area (Å²) in [6, 6.07) is 6.95. The lowest BCUT2D eigenvalue weighted by Gasteiger charge is -2.21. The minimum atomic E-state index is 0.267. The molecule has 0 spiro atoms. The summed E-state index contributed by atoms with van der Waals surface area (Å²) in [6.07, 6.45) is 4.71. The van der Waals surface area contributed by atoms with Crippen LogP contribution in [-0.2, 0) is 11.2 Å². The van der Waals surface area contributed by atoms with Gasteiger partial charge in [-0.3, -0.25) is 0 Å². The highest BCUT2D eigenvalue weighted by molar-refractivity contribution is 5.50. The van der Waals surface area contributed by atoms with E-state index in [2.05, 4.69) is 44.0 Å². The summed E-state index contributed by atoms with van der Waals surface area (Å²) >= 11 is 0. The van der Waals surface area contributed by atoms with Gasteiger partial charge in [-0.05, 0) is 61.8 Å². The van der Waals surface area contributed by atoms with E-state index in [0.29, 0.717) is 0 Å². The Hall–Kier alpha value is -1.06. The predicted molar refractivity (Wildman–Crippen MR) is 90.0 cm³/mol. The average molecular weight is 290 g/mol. The minimum Gasteiger partial charge on any atom is -0.379 e. The van der Waals surface area contributed by atoms with Crippen molar-refractivity contribution in [3.8, 4) is 0 Å². The van der Waals surface area contributed by atoms with Crippen LogP contribution in [0.25, 0.3) is 0 Å². The molecule has 3 nitrogen and oxygen atoms in total. The fourth-order valence-electron chi connectivity index (χ4n) is 2.44. The smallest absolute Gasteiger partial charge is 0.0641 e. The molecule has 1 aliphatic carbocycles. The molecule has 0 bridgehead atoms. The standard InChI is InChI=1S/C18H30N2O/c1-4-17(19)12-16-7-8-18(11-14(16)2)20(3)9-10-21-13-15-5-6-15/h7-8,11,15,17H,4-6,9-10,12-13,19H2,1-3H3. The highest BCUT2D eigenvalue weighted by Gasteiger charge is 2.20. The van der Waals surface area contributed by atoms with Crippen molar-refractivity contribution < 1.29 is 4.74 Å². The molecule has 1 atom stereocenters. The van der Waals surface area contributed by atoms with E-state index in [1.807, 2.05) is 0 Å². The summed E-state index contributed by atoms with van der Waals surface area (Å²) in [5, 5.41) is 0. The Morgan fingerprint density at radius 1 is 1.38 bits per heavy atom. The number of hydrogen-bond donors (Lipinski definition) is 1. The first-order valence-corrected chi connectivity index (χ1v) is 8.24. The van der Waals surface area contributed by atoms with Gasteiger partial charge in [0.2, 0.25) is 0 Å². The summed E-state index contributed by atoms with van der Waals surface area (Å²) < 4.78 is 5.71. The minimum absolute atomic E-state index is 0.267. The van der Waals surface area contributed by atoms with E-state index in [4.69, 9.17) is 10.5 Å². The fraction of sp³-hybridized carbons (Fsp3) is 0.667. The van der Waals surface area contributed by atoms with Crippen molar-refractivity contribution in [2.45, 2.75) is 45.6 Å². The average Bonchev–Trinajstić information content (AvgIpc) is 3.29. The number of hydrogen-bond acceptors (Lipinski definition) is 3. The van der Waals surface area contributed by atoms with Crippen LogP contribution in [0.2, 0.25) is 0 Å². The molecule has 118 valence electrons. The number of nitrogens with zero attached hydrogens (tertiary/aromatic N) is 1. The quantitative estimate of drug-likeness (QED) is 0.710. The van der Waals surface area contributed by atoms with Gasteiger partial charge in [0, 0.05) is 31.9 Å². The van der Waals surface area contributed by atoms with Crippen molar-refractivity contribution in [3.63, 3.8) is 0 Å². The van der Waals surface area contributed by atoms with Crippen molar-refractivity contribution in [1.29, 1.82) is 0 Å². The van der Waals surface area contributed by atoms with Gasteiger partial charge in [-0.1, -0.05) is 13.0 Å². The van der Waals surface area contributed by atoms with Crippen LogP contribution in [0.3, 0.4) is 0 Å². The van der Waals surface area contributed by atoms with Gasteiger partial charge in [0.25, 0.3) is 0 Å². The summed E-state index contributed by atoms with van der Waals surface area (Å²) in [7, 11) is 2.13. The Labute approximate surface area is 129 Å². The third kappa shape index (κ3) is 5.33. The van der Waals surface area contributed by atoms with Crippen molar-refractivity contribution in [2.24, 2.45) is 11.7 Å². The van der Waals surface area contributed by atoms with E-state index in [-0.39, 0.29) is 6.04 Å². The molecule has 1 saturated carbocycles. The van der Waals surface area contributed by atoms with Gasteiger partial charge in [-0.15, -0.1) is 0 Å². The van der Waals surface area contributed by atoms with Gasteiger partial charge in [-0.2, -0.15) is 0 Å². The van der Waals surface area contributed by atoms with Gasteiger partial charge in [0.15, 0.2) is 0 Å². The van der Waals surface area contributed by atoms with Crippen LogP contribution in [-0.4, -0.2) is 32.8 Å². The van der Waals surface area contributed by atoms with Crippen LogP contribution < -0.4 is 10.6 Å². The second kappa shape index (κ2) is 7.81. The second-order valence-corrected chi connectivity index (χ2v) is 6.42. The van der Waals surface area contributed by atoms with E-state index in [1.54, 1.807) is 0 Å². The number of ether oxygens (including phenoxy) is 1. The molecule has 1 aromatic carbocycles. The lowest BCUT2D eigenvalue weighted by atomic mass is 9.99. The van der Waals surface area contributed by atoms with E-state index in [9.17, 15) is 0 Å². The molecule has 2 N–H and O–H groups in total. The van der Waals surface area contributed by atoms with Crippen molar-refractivity contribution in [3.05, 3.63) is 29.3 Å². The molecule has 0 amide bonds. The molecule has 1 aliphatic rings. The molecule has 1 unspecified atom stereocenters. The zero-order valence-electron chi connectivity index (χ0n) is 13.8. The maximum atomic E-state index is 6.06. The molecule has 1 fully saturated rings. The summed E-state index contributed by atoms with van der Waals surface area (Å²) in [4.78, 5) is 2.27. The molecule has 1 aromatic rings.